The van der Waals surface area contributed by atoms with Crippen LogP contribution in [0, 0.1) is 11.3 Å². The molecular formula is C13H14N2O2. The Morgan fingerprint density at radius 2 is 2.12 bits per heavy atom. The lowest BCUT2D eigenvalue weighted by atomic mass is 10.3. The number of carbonyl (C=O) groups is 1. The molecule has 1 amide bonds. The number of nitrogens with one attached hydrogen (secondary N) is 1. The van der Waals surface area contributed by atoms with Gasteiger partial charge in [0.2, 0.25) is 5.91 Å². The van der Waals surface area contributed by atoms with E-state index in [9.17, 15) is 4.79 Å². The first-order chi connectivity index (χ1) is 8.11. The number of ether oxygens (including phenoxy) is 1. The van der Waals surface area contributed by atoms with Crippen LogP contribution in [-0.4, -0.2) is 12.5 Å². The number of hydrogen-bond donors (Lipinski definition) is 1. The molecular weight excluding hydrogens is 216 g/mol. The highest BCUT2D eigenvalue weighted by Crippen LogP contribution is 2.16. The van der Waals surface area contributed by atoms with Gasteiger partial charge in [-0.1, -0.05) is 6.58 Å². The van der Waals surface area contributed by atoms with Crippen molar-refractivity contribution < 1.29 is 9.53 Å². The maximum Gasteiger partial charge on any atom is 0.238 e. The maximum atomic E-state index is 11.1. The second kappa shape index (κ2) is 6.33. The predicted molar refractivity (Wildman–Crippen MR) is 65.6 cm³/mol. The summed E-state index contributed by atoms with van der Waals surface area (Å²) in [6, 6.07) is 8.75. The Hall–Kier alpha value is -2.28. The van der Waals surface area contributed by atoms with Crippen molar-refractivity contribution in [3.05, 3.63) is 36.4 Å². The highest BCUT2D eigenvalue weighted by atomic mass is 16.5. The summed E-state index contributed by atoms with van der Waals surface area (Å²) in [5, 5.41) is 10.9. The van der Waals surface area contributed by atoms with Crippen LogP contribution in [0.3, 0.4) is 0 Å². The second-order valence-corrected chi connectivity index (χ2v) is 3.65. The number of hydrogen-bond acceptors (Lipinski definition) is 3. The van der Waals surface area contributed by atoms with Gasteiger partial charge in [0.1, 0.15) is 18.8 Å². The smallest absolute Gasteiger partial charge is 0.238 e. The highest BCUT2D eigenvalue weighted by Gasteiger charge is 2.01. The molecule has 0 aliphatic heterocycles. The Balaban J connectivity index is 2.53. The summed E-state index contributed by atoms with van der Waals surface area (Å²) in [6.45, 7) is 6.09. The molecule has 0 heterocycles. The molecule has 1 aromatic rings. The average molecular weight is 230 g/mol. The first-order valence-corrected chi connectivity index (χ1v) is 5.16. The summed E-state index contributed by atoms with van der Waals surface area (Å²) in [4.78, 5) is 11.1. The number of rotatable bonds is 5. The topological polar surface area (TPSA) is 62.1 Å². The van der Waals surface area contributed by atoms with E-state index in [4.69, 9.17) is 10.00 Å². The molecule has 0 aromatic heterocycles. The minimum atomic E-state index is -0.317. The van der Waals surface area contributed by atoms with E-state index in [0.717, 1.165) is 5.57 Å². The van der Waals surface area contributed by atoms with Gasteiger partial charge in [-0.2, -0.15) is 5.26 Å². The molecule has 0 fully saturated rings. The Kier molecular flexibility index (Phi) is 4.77. The summed E-state index contributed by atoms with van der Waals surface area (Å²) in [7, 11) is 0. The SMILES string of the molecule is C=C(C)COc1ccc(NC(=O)CC#N)cc1. The molecule has 1 aromatic carbocycles. The van der Waals surface area contributed by atoms with Crippen LogP contribution in [0.1, 0.15) is 13.3 Å². The van der Waals surface area contributed by atoms with Gasteiger partial charge in [0.05, 0.1) is 6.07 Å². The van der Waals surface area contributed by atoms with Crippen molar-refractivity contribution in [3.63, 3.8) is 0 Å². The van der Waals surface area contributed by atoms with Gasteiger partial charge in [-0.25, -0.2) is 0 Å². The van der Waals surface area contributed by atoms with Gasteiger partial charge in [-0.05, 0) is 36.8 Å². The lowest BCUT2D eigenvalue weighted by molar-refractivity contribution is -0.115. The summed E-state index contributed by atoms with van der Waals surface area (Å²) in [5.41, 5.74) is 1.59. The molecule has 1 rings (SSSR count). The van der Waals surface area contributed by atoms with Crippen LogP contribution in [0.2, 0.25) is 0 Å². The first-order valence-electron chi connectivity index (χ1n) is 5.16. The van der Waals surface area contributed by atoms with Crippen LogP contribution in [0.15, 0.2) is 36.4 Å². The third-order valence-corrected chi connectivity index (χ3v) is 1.86. The molecule has 0 atom stereocenters. The van der Waals surface area contributed by atoms with E-state index in [1.807, 2.05) is 6.92 Å². The van der Waals surface area contributed by atoms with E-state index in [0.29, 0.717) is 18.0 Å². The Bertz CT molecular complexity index is 443. The van der Waals surface area contributed by atoms with Crippen LogP contribution >= 0.6 is 0 Å². The van der Waals surface area contributed by atoms with E-state index in [2.05, 4.69) is 11.9 Å². The molecule has 0 radical (unpaired) electrons. The van der Waals surface area contributed by atoms with Crippen molar-refractivity contribution in [2.45, 2.75) is 13.3 Å². The Morgan fingerprint density at radius 1 is 1.47 bits per heavy atom. The van der Waals surface area contributed by atoms with Crippen molar-refractivity contribution in [1.29, 1.82) is 5.26 Å². The third-order valence-electron chi connectivity index (χ3n) is 1.86. The van der Waals surface area contributed by atoms with E-state index in [-0.39, 0.29) is 12.3 Å². The molecule has 0 spiro atoms. The summed E-state index contributed by atoms with van der Waals surface area (Å²) < 4.78 is 5.41. The van der Waals surface area contributed by atoms with Crippen LogP contribution in [-0.2, 0) is 4.79 Å². The lowest BCUT2D eigenvalue weighted by Crippen LogP contribution is -2.09. The monoisotopic (exact) mass is 230 g/mol. The second-order valence-electron chi connectivity index (χ2n) is 3.65. The molecule has 4 heteroatoms. The largest absolute Gasteiger partial charge is 0.489 e. The van der Waals surface area contributed by atoms with Gasteiger partial charge >= 0.3 is 0 Å². The van der Waals surface area contributed by atoms with Crippen LogP contribution < -0.4 is 10.1 Å². The normalized spacial score (nSPS) is 9.18. The summed E-state index contributed by atoms with van der Waals surface area (Å²) in [6.07, 6.45) is -0.145. The fourth-order valence-corrected chi connectivity index (χ4v) is 1.12. The van der Waals surface area contributed by atoms with Crippen molar-refractivity contribution in [1.82, 2.24) is 0 Å². The molecule has 88 valence electrons. The molecule has 0 aliphatic rings. The van der Waals surface area contributed by atoms with Gasteiger partial charge in [0.25, 0.3) is 0 Å². The number of anilines is 1. The average Bonchev–Trinajstić information content (AvgIpc) is 2.28. The summed E-state index contributed by atoms with van der Waals surface area (Å²) in [5.74, 6) is 0.398. The van der Waals surface area contributed by atoms with Gasteiger partial charge in [-0.15, -0.1) is 0 Å². The molecule has 1 N–H and O–H groups in total. The first kappa shape index (κ1) is 12.8. The van der Waals surface area contributed by atoms with Crippen molar-refractivity contribution >= 4 is 11.6 Å². The molecule has 4 nitrogen and oxygen atoms in total. The zero-order valence-corrected chi connectivity index (χ0v) is 9.69. The molecule has 0 aliphatic carbocycles. The molecule has 0 saturated carbocycles. The molecule has 0 saturated heterocycles. The number of carbonyl (C=O) groups excluding carboxylic acids is 1. The highest BCUT2D eigenvalue weighted by molar-refractivity contribution is 5.92. The van der Waals surface area contributed by atoms with Crippen LogP contribution in [0.5, 0.6) is 5.75 Å². The Labute approximate surface area is 101 Å². The number of benzene rings is 1. The maximum absolute atomic E-state index is 11.1. The van der Waals surface area contributed by atoms with Crippen molar-refractivity contribution in [3.8, 4) is 11.8 Å². The fraction of sp³-hybridized carbons (Fsp3) is 0.231. The van der Waals surface area contributed by atoms with Gasteiger partial charge in [0, 0.05) is 5.69 Å². The fourth-order valence-electron chi connectivity index (χ4n) is 1.12. The molecule has 0 unspecified atom stereocenters. The van der Waals surface area contributed by atoms with Gasteiger partial charge < -0.3 is 10.1 Å². The van der Waals surface area contributed by atoms with Gasteiger partial charge in [0.15, 0.2) is 0 Å². The van der Waals surface area contributed by atoms with Crippen LogP contribution in [0.4, 0.5) is 5.69 Å². The van der Waals surface area contributed by atoms with E-state index >= 15 is 0 Å². The summed E-state index contributed by atoms with van der Waals surface area (Å²) >= 11 is 0. The standard InChI is InChI=1S/C13H14N2O2/c1-10(2)9-17-12-5-3-11(4-6-12)15-13(16)7-8-14/h3-6H,1,7,9H2,2H3,(H,15,16). The van der Waals surface area contributed by atoms with Gasteiger partial charge in [-0.3, -0.25) is 4.79 Å². The van der Waals surface area contributed by atoms with E-state index in [1.54, 1.807) is 30.3 Å². The Morgan fingerprint density at radius 3 is 2.65 bits per heavy atom. The molecule has 17 heavy (non-hydrogen) atoms. The minimum absolute atomic E-state index is 0.145. The quantitative estimate of drug-likeness (QED) is 0.790. The van der Waals surface area contributed by atoms with E-state index < -0.39 is 0 Å². The van der Waals surface area contributed by atoms with Crippen LogP contribution in [0.25, 0.3) is 0 Å². The zero-order valence-electron chi connectivity index (χ0n) is 9.69. The number of nitrogens with zero attached hydrogens (tertiary/aromatic N) is 1. The third kappa shape index (κ3) is 4.85. The number of amides is 1. The zero-order chi connectivity index (χ0) is 12.7. The van der Waals surface area contributed by atoms with Crippen molar-refractivity contribution in [2.75, 3.05) is 11.9 Å². The minimum Gasteiger partial charge on any atom is -0.489 e. The number of nitriles is 1. The molecule has 0 bridgehead atoms. The predicted octanol–water partition coefficient (Wildman–Crippen LogP) is 2.49. The lowest BCUT2D eigenvalue weighted by Gasteiger charge is -2.07. The van der Waals surface area contributed by atoms with E-state index in [1.165, 1.54) is 0 Å². The van der Waals surface area contributed by atoms with Crippen molar-refractivity contribution in [2.24, 2.45) is 0 Å².